The second kappa shape index (κ2) is 7.90. The molecule has 0 radical (unpaired) electrons. The number of halogens is 1. The number of nitrogens with one attached hydrogen (secondary N) is 2. The molecule has 0 fully saturated rings. The summed E-state index contributed by atoms with van der Waals surface area (Å²) in [4.78, 5) is 20.6. The van der Waals surface area contributed by atoms with Crippen molar-refractivity contribution in [3.05, 3.63) is 82.2 Å². The molecule has 5 nitrogen and oxygen atoms in total. The first-order valence-corrected chi connectivity index (χ1v) is 8.58. The van der Waals surface area contributed by atoms with E-state index in [4.69, 9.17) is 0 Å². The number of amides is 1. The molecule has 3 aromatic rings. The maximum Gasteiger partial charge on any atom is 0.253 e. The molecule has 0 bridgehead atoms. The molecule has 0 atom stereocenters. The molecule has 126 valence electrons. The first-order valence-electron chi connectivity index (χ1n) is 7.79. The van der Waals surface area contributed by atoms with E-state index in [9.17, 15) is 4.79 Å². The summed E-state index contributed by atoms with van der Waals surface area (Å²) in [5, 5.41) is 6.05. The molecule has 0 aliphatic rings. The maximum atomic E-state index is 12.2. The summed E-state index contributed by atoms with van der Waals surface area (Å²) in [6, 6.07) is 15.1. The number of carbonyl (C=O) groups excluding carboxylic acids is 1. The van der Waals surface area contributed by atoms with E-state index in [-0.39, 0.29) is 5.91 Å². The highest BCUT2D eigenvalue weighted by molar-refractivity contribution is 9.10. The molecule has 2 N–H and O–H groups in total. The minimum Gasteiger partial charge on any atom is -0.346 e. The third-order valence-corrected chi connectivity index (χ3v) is 4.50. The fourth-order valence-electron chi connectivity index (χ4n) is 2.25. The van der Waals surface area contributed by atoms with Crippen LogP contribution in [0.1, 0.15) is 21.6 Å². The molecule has 2 heterocycles. The Kier molecular flexibility index (Phi) is 5.40. The van der Waals surface area contributed by atoms with Crippen molar-refractivity contribution in [2.75, 3.05) is 5.32 Å². The van der Waals surface area contributed by atoms with Gasteiger partial charge in [-0.15, -0.1) is 0 Å². The zero-order chi connectivity index (χ0) is 17.6. The highest BCUT2D eigenvalue weighted by Crippen LogP contribution is 2.22. The third-order valence-electron chi connectivity index (χ3n) is 3.61. The van der Waals surface area contributed by atoms with Crippen molar-refractivity contribution in [1.82, 2.24) is 15.3 Å². The van der Waals surface area contributed by atoms with Gasteiger partial charge in [0.2, 0.25) is 0 Å². The molecular weight excluding hydrogens is 380 g/mol. The van der Waals surface area contributed by atoms with Gasteiger partial charge in [-0.1, -0.05) is 22.0 Å². The Morgan fingerprint density at radius 3 is 2.68 bits per heavy atom. The van der Waals surface area contributed by atoms with Crippen molar-refractivity contribution < 1.29 is 4.79 Å². The summed E-state index contributed by atoms with van der Waals surface area (Å²) < 4.78 is 1.06. The number of carbonyl (C=O) groups is 1. The predicted octanol–water partition coefficient (Wildman–Crippen LogP) is 4.22. The van der Waals surface area contributed by atoms with Crippen LogP contribution in [0, 0.1) is 6.92 Å². The maximum absolute atomic E-state index is 12.2. The standard InChI is InChI=1S/C19H17BrN4O/c1-13-10-15(6-7-17(13)20)24-18-8-5-14(11-22-18)19(25)23-12-16-4-2-3-9-21-16/h2-11H,12H2,1H3,(H,22,24)(H,23,25). The normalized spacial score (nSPS) is 10.3. The van der Waals surface area contributed by atoms with Crippen LogP contribution in [-0.4, -0.2) is 15.9 Å². The topological polar surface area (TPSA) is 66.9 Å². The van der Waals surface area contributed by atoms with E-state index in [0.29, 0.717) is 17.9 Å². The summed E-state index contributed by atoms with van der Waals surface area (Å²) in [5.74, 6) is 0.507. The van der Waals surface area contributed by atoms with Crippen molar-refractivity contribution >= 4 is 33.3 Å². The summed E-state index contributed by atoms with van der Waals surface area (Å²) >= 11 is 3.48. The lowest BCUT2D eigenvalue weighted by atomic mass is 10.2. The number of hydrogen-bond donors (Lipinski definition) is 2. The Bertz CT molecular complexity index is 866. The van der Waals surface area contributed by atoms with Crippen LogP contribution >= 0.6 is 15.9 Å². The zero-order valence-electron chi connectivity index (χ0n) is 13.7. The molecule has 0 spiro atoms. The van der Waals surface area contributed by atoms with Gasteiger partial charge in [0.1, 0.15) is 5.82 Å². The number of rotatable bonds is 5. The van der Waals surface area contributed by atoms with Gasteiger partial charge in [0.05, 0.1) is 17.8 Å². The smallest absolute Gasteiger partial charge is 0.253 e. The number of pyridine rings is 2. The van der Waals surface area contributed by atoms with E-state index < -0.39 is 0 Å². The van der Waals surface area contributed by atoms with Crippen LogP contribution in [0.2, 0.25) is 0 Å². The van der Waals surface area contributed by atoms with Gasteiger partial charge in [0.25, 0.3) is 5.91 Å². The van der Waals surface area contributed by atoms with Gasteiger partial charge in [-0.2, -0.15) is 0 Å². The minimum atomic E-state index is -0.177. The van der Waals surface area contributed by atoms with Gasteiger partial charge in [0.15, 0.2) is 0 Å². The van der Waals surface area contributed by atoms with E-state index in [1.807, 2.05) is 43.3 Å². The predicted molar refractivity (Wildman–Crippen MR) is 102 cm³/mol. The molecule has 0 aliphatic heterocycles. The highest BCUT2D eigenvalue weighted by atomic mass is 79.9. The third kappa shape index (κ3) is 4.64. The quantitative estimate of drug-likeness (QED) is 0.677. The van der Waals surface area contributed by atoms with Gasteiger partial charge in [-0.05, 0) is 55.0 Å². The summed E-state index contributed by atoms with van der Waals surface area (Å²) in [5.41, 5.74) is 3.40. The Balaban J connectivity index is 1.61. The molecule has 1 amide bonds. The Morgan fingerprint density at radius 2 is 2.00 bits per heavy atom. The highest BCUT2D eigenvalue weighted by Gasteiger charge is 2.07. The van der Waals surface area contributed by atoms with Gasteiger partial charge in [-0.3, -0.25) is 9.78 Å². The van der Waals surface area contributed by atoms with Gasteiger partial charge >= 0.3 is 0 Å². The minimum absolute atomic E-state index is 0.177. The molecular formula is C19H17BrN4O. The van der Waals surface area contributed by atoms with Crippen LogP contribution in [-0.2, 0) is 6.54 Å². The van der Waals surface area contributed by atoms with Crippen LogP contribution in [0.25, 0.3) is 0 Å². The fraction of sp³-hybridized carbons (Fsp3) is 0.105. The van der Waals surface area contributed by atoms with Crippen molar-refractivity contribution in [3.8, 4) is 0 Å². The van der Waals surface area contributed by atoms with Crippen LogP contribution in [0.4, 0.5) is 11.5 Å². The largest absolute Gasteiger partial charge is 0.346 e. The van der Waals surface area contributed by atoms with Crippen molar-refractivity contribution in [2.45, 2.75) is 13.5 Å². The average Bonchev–Trinajstić information content (AvgIpc) is 2.64. The molecule has 2 aromatic heterocycles. The van der Waals surface area contributed by atoms with Crippen LogP contribution in [0.3, 0.4) is 0 Å². The van der Waals surface area contributed by atoms with Crippen LogP contribution in [0.15, 0.2) is 65.4 Å². The van der Waals surface area contributed by atoms with E-state index in [0.717, 1.165) is 21.4 Å². The lowest BCUT2D eigenvalue weighted by Gasteiger charge is -2.08. The second-order valence-corrected chi connectivity index (χ2v) is 6.38. The Labute approximate surface area is 154 Å². The van der Waals surface area contributed by atoms with E-state index >= 15 is 0 Å². The fourth-order valence-corrected chi connectivity index (χ4v) is 2.49. The number of hydrogen-bond acceptors (Lipinski definition) is 4. The number of aromatic nitrogens is 2. The summed E-state index contributed by atoms with van der Waals surface area (Å²) in [6.07, 6.45) is 3.26. The van der Waals surface area contributed by atoms with Crippen molar-refractivity contribution in [3.63, 3.8) is 0 Å². The van der Waals surface area contributed by atoms with Gasteiger partial charge in [-0.25, -0.2) is 4.98 Å². The van der Waals surface area contributed by atoms with Gasteiger partial charge in [0, 0.05) is 22.6 Å². The van der Waals surface area contributed by atoms with Crippen LogP contribution in [0.5, 0.6) is 0 Å². The average molecular weight is 397 g/mol. The molecule has 1 aromatic carbocycles. The molecule has 6 heteroatoms. The first kappa shape index (κ1) is 17.1. The number of nitrogens with zero attached hydrogens (tertiary/aromatic N) is 2. The van der Waals surface area contributed by atoms with Crippen LogP contribution < -0.4 is 10.6 Å². The molecule has 3 rings (SSSR count). The lowest BCUT2D eigenvalue weighted by Crippen LogP contribution is -2.23. The monoisotopic (exact) mass is 396 g/mol. The molecule has 0 saturated carbocycles. The second-order valence-electron chi connectivity index (χ2n) is 5.52. The van der Waals surface area contributed by atoms with E-state index in [1.54, 1.807) is 24.5 Å². The Hall–Kier alpha value is -2.73. The first-order chi connectivity index (χ1) is 12.1. The number of anilines is 2. The molecule has 0 unspecified atom stereocenters. The lowest BCUT2D eigenvalue weighted by molar-refractivity contribution is 0.0950. The summed E-state index contributed by atoms with van der Waals surface area (Å²) in [6.45, 7) is 2.41. The summed E-state index contributed by atoms with van der Waals surface area (Å²) in [7, 11) is 0. The number of benzene rings is 1. The van der Waals surface area contributed by atoms with E-state index in [1.165, 1.54) is 0 Å². The number of aryl methyl sites for hydroxylation is 1. The van der Waals surface area contributed by atoms with E-state index in [2.05, 4.69) is 36.5 Å². The zero-order valence-corrected chi connectivity index (χ0v) is 15.2. The van der Waals surface area contributed by atoms with Crippen molar-refractivity contribution in [2.24, 2.45) is 0 Å². The van der Waals surface area contributed by atoms with Crippen molar-refractivity contribution in [1.29, 1.82) is 0 Å². The Morgan fingerprint density at radius 1 is 1.12 bits per heavy atom. The molecule has 0 aliphatic carbocycles. The molecule has 0 saturated heterocycles. The molecule has 25 heavy (non-hydrogen) atoms. The SMILES string of the molecule is Cc1cc(Nc2ccc(C(=O)NCc3ccccn3)cn2)ccc1Br. The van der Waals surface area contributed by atoms with Gasteiger partial charge < -0.3 is 10.6 Å².